The Hall–Kier alpha value is -2.10. The zero-order valence-electron chi connectivity index (χ0n) is 8.53. The molecule has 1 heterocycles. The predicted molar refractivity (Wildman–Crippen MR) is 60.8 cm³/mol. The number of H-pyrrole nitrogens is 1. The summed E-state index contributed by atoms with van der Waals surface area (Å²) >= 11 is 0. The van der Waals surface area contributed by atoms with Gasteiger partial charge in [-0.3, -0.25) is 4.79 Å². The van der Waals surface area contributed by atoms with Gasteiger partial charge in [-0.1, -0.05) is 6.07 Å². The third-order valence-corrected chi connectivity index (χ3v) is 2.16. The number of anilines is 1. The van der Waals surface area contributed by atoms with E-state index in [2.05, 4.69) is 10.3 Å². The molecule has 2 rings (SSSR count). The molecule has 3 nitrogen and oxygen atoms in total. The maximum atomic E-state index is 12.6. The van der Waals surface area contributed by atoms with Gasteiger partial charge in [0.25, 0.3) is 0 Å². The molecule has 0 fully saturated rings. The second-order valence-corrected chi connectivity index (χ2v) is 3.40. The first-order valence-corrected chi connectivity index (χ1v) is 4.92. The normalized spacial score (nSPS) is 10.1. The van der Waals surface area contributed by atoms with Crippen molar-refractivity contribution in [3.8, 4) is 0 Å². The Morgan fingerprint density at radius 3 is 2.56 bits per heavy atom. The summed E-state index contributed by atoms with van der Waals surface area (Å²) in [6.07, 6.45) is 0. The summed E-state index contributed by atoms with van der Waals surface area (Å²) in [4.78, 5) is 13.7. The van der Waals surface area contributed by atoms with Gasteiger partial charge >= 0.3 is 0 Å². The lowest BCUT2D eigenvalue weighted by Crippen LogP contribution is -2.09. The first kappa shape index (κ1) is 10.4. The highest BCUT2D eigenvalue weighted by atomic mass is 19.1. The van der Waals surface area contributed by atoms with Crippen LogP contribution in [-0.2, 0) is 6.54 Å². The minimum absolute atomic E-state index is 0.126. The van der Waals surface area contributed by atoms with Crippen LogP contribution in [-0.4, -0.2) is 4.98 Å². The van der Waals surface area contributed by atoms with E-state index in [-0.39, 0.29) is 11.4 Å². The average molecular weight is 218 g/mol. The van der Waals surface area contributed by atoms with E-state index in [1.807, 2.05) is 6.07 Å². The molecule has 16 heavy (non-hydrogen) atoms. The van der Waals surface area contributed by atoms with Gasteiger partial charge in [-0.15, -0.1) is 0 Å². The van der Waals surface area contributed by atoms with E-state index in [1.54, 1.807) is 18.2 Å². The molecular weight excluding hydrogens is 207 g/mol. The smallest absolute Gasteiger partial charge is 0.248 e. The van der Waals surface area contributed by atoms with Crippen molar-refractivity contribution in [2.24, 2.45) is 0 Å². The molecular formula is C12H11FN2O. The zero-order chi connectivity index (χ0) is 11.4. The van der Waals surface area contributed by atoms with Gasteiger partial charge in [0.15, 0.2) is 0 Å². The molecule has 0 aliphatic carbocycles. The molecule has 0 atom stereocenters. The van der Waals surface area contributed by atoms with Crippen LogP contribution in [0.5, 0.6) is 0 Å². The first-order chi connectivity index (χ1) is 7.74. The molecule has 0 amide bonds. The Kier molecular flexibility index (Phi) is 3.00. The number of rotatable bonds is 3. The zero-order valence-corrected chi connectivity index (χ0v) is 8.53. The lowest BCUT2D eigenvalue weighted by molar-refractivity contribution is 0.628. The Morgan fingerprint density at radius 2 is 1.88 bits per heavy atom. The fourth-order valence-corrected chi connectivity index (χ4v) is 1.36. The summed E-state index contributed by atoms with van der Waals surface area (Å²) in [6, 6.07) is 11.0. The van der Waals surface area contributed by atoms with E-state index in [4.69, 9.17) is 0 Å². The van der Waals surface area contributed by atoms with Crippen molar-refractivity contribution in [1.82, 2.24) is 4.98 Å². The maximum absolute atomic E-state index is 12.6. The number of halogens is 1. The van der Waals surface area contributed by atoms with E-state index in [9.17, 15) is 9.18 Å². The fourth-order valence-electron chi connectivity index (χ4n) is 1.36. The lowest BCUT2D eigenvalue weighted by Gasteiger charge is -2.05. The first-order valence-electron chi connectivity index (χ1n) is 4.92. The van der Waals surface area contributed by atoms with Gasteiger partial charge < -0.3 is 10.3 Å². The largest absolute Gasteiger partial charge is 0.379 e. The third-order valence-electron chi connectivity index (χ3n) is 2.16. The van der Waals surface area contributed by atoms with Crippen LogP contribution in [0.25, 0.3) is 0 Å². The highest BCUT2D eigenvalue weighted by Gasteiger charge is 1.95. The van der Waals surface area contributed by atoms with E-state index in [0.29, 0.717) is 6.54 Å². The molecule has 1 aromatic heterocycles. The molecule has 0 aliphatic heterocycles. The van der Waals surface area contributed by atoms with Crippen molar-refractivity contribution in [3.63, 3.8) is 0 Å². The van der Waals surface area contributed by atoms with Crippen molar-refractivity contribution in [1.29, 1.82) is 0 Å². The van der Waals surface area contributed by atoms with Crippen molar-refractivity contribution >= 4 is 5.69 Å². The summed E-state index contributed by atoms with van der Waals surface area (Å²) in [5.74, 6) is -0.265. The summed E-state index contributed by atoms with van der Waals surface area (Å²) in [5, 5.41) is 3.08. The SMILES string of the molecule is O=c1cccc(CNc2ccc(F)cc2)[nH]1. The van der Waals surface area contributed by atoms with Crippen LogP contribution in [0.1, 0.15) is 5.69 Å². The van der Waals surface area contributed by atoms with Gasteiger partial charge in [-0.2, -0.15) is 0 Å². The van der Waals surface area contributed by atoms with Gasteiger partial charge in [0.05, 0.1) is 6.54 Å². The summed E-state index contributed by atoms with van der Waals surface area (Å²) in [7, 11) is 0. The molecule has 1 aromatic carbocycles. The van der Waals surface area contributed by atoms with Crippen molar-refractivity contribution < 1.29 is 4.39 Å². The molecule has 2 N–H and O–H groups in total. The van der Waals surface area contributed by atoms with Crippen LogP contribution in [0, 0.1) is 5.82 Å². The van der Waals surface area contributed by atoms with Crippen molar-refractivity contribution in [3.05, 3.63) is 64.3 Å². The topological polar surface area (TPSA) is 44.9 Å². The average Bonchev–Trinajstić information content (AvgIpc) is 2.28. The highest BCUT2D eigenvalue weighted by molar-refractivity contribution is 5.42. The van der Waals surface area contributed by atoms with Gasteiger partial charge in [0, 0.05) is 17.4 Å². The molecule has 0 spiro atoms. The van der Waals surface area contributed by atoms with E-state index in [1.165, 1.54) is 18.2 Å². The van der Waals surface area contributed by atoms with E-state index >= 15 is 0 Å². The van der Waals surface area contributed by atoms with Crippen LogP contribution in [0.2, 0.25) is 0 Å². The predicted octanol–water partition coefficient (Wildman–Crippen LogP) is 2.13. The monoisotopic (exact) mass is 218 g/mol. The summed E-state index contributed by atoms with van der Waals surface area (Å²) in [5.41, 5.74) is 1.47. The second-order valence-electron chi connectivity index (χ2n) is 3.40. The Bertz CT molecular complexity index is 519. The van der Waals surface area contributed by atoms with Gasteiger partial charge in [-0.25, -0.2) is 4.39 Å². The van der Waals surface area contributed by atoms with Gasteiger partial charge in [0.1, 0.15) is 5.82 Å². The third kappa shape index (κ3) is 2.70. The molecule has 0 aliphatic rings. The fraction of sp³-hybridized carbons (Fsp3) is 0.0833. The molecule has 0 saturated carbocycles. The van der Waals surface area contributed by atoms with Crippen LogP contribution in [0.15, 0.2) is 47.3 Å². The number of benzene rings is 1. The summed E-state index contributed by atoms with van der Waals surface area (Å²) < 4.78 is 12.6. The Labute approximate surface area is 92.0 Å². The van der Waals surface area contributed by atoms with E-state index in [0.717, 1.165) is 11.4 Å². The number of hydrogen-bond acceptors (Lipinski definition) is 2. The molecule has 0 radical (unpaired) electrons. The van der Waals surface area contributed by atoms with Crippen molar-refractivity contribution in [2.75, 3.05) is 5.32 Å². The molecule has 0 unspecified atom stereocenters. The molecule has 82 valence electrons. The van der Waals surface area contributed by atoms with Crippen LogP contribution < -0.4 is 10.9 Å². The Morgan fingerprint density at radius 1 is 1.12 bits per heavy atom. The van der Waals surface area contributed by atoms with Gasteiger partial charge in [0.2, 0.25) is 5.56 Å². The minimum Gasteiger partial charge on any atom is -0.379 e. The lowest BCUT2D eigenvalue weighted by atomic mass is 10.3. The van der Waals surface area contributed by atoms with E-state index < -0.39 is 0 Å². The number of aromatic amines is 1. The number of hydrogen-bond donors (Lipinski definition) is 2. The summed E-state index contributed by atoms with van der Waals surface area (Å²) in [6.45, 7) is 0.502. The van der Waals surface area contributed by atoms with Crippen LogP contribution in [0.3, 0.4) is 0 Å². The van der Waals surface area contributed by atoms with Crippen LogP contribution in [0.4, 0.5) is 10.1 Å². The van der Waals surface area contributed by atoms with Crippen LogP contribution >= 0.6 is 0 Å². The number of aromatic nitrogens is 1. The molecule has 0 bridgehead atoms. The highest BCUT2D eigenvalue weighted by Crippen LogP contribution is 2.08. The number of nitrogens with one attached hydrogen (secondary N) is 2. The molecule has 0 saturated heterocycles. The number of pyridine rings is 1. The Balaban J connectivity index is 2.02. The molecule has 2 aromatic rings. The quantitative estimate of drug-likeness (QED) is 0.828. The standard InChI is InChI=1S/C12H11FN2O/c13-9-4-6-10(7-5-9)14-8-11-2-1-3-12(16)15-11/h1-7,14H,8H2,(H,15,16). The second kappa shape index (κ2) is 4.61. The van der Waals surface area contributed by atoms with Gasteiger partial charge in [-0.05, 0) is 30.3 Å². The minimum atomic E-state index is -0.265. The molecule has 4 heteroatoms. The van der Waals surface area contributed by atoms with Crippen molar-refractivity contribution in [2.45, 2.75) is 6.54 Å². The maximum Gasteiger partial charge on any atom is 0.248 e.